The van der Waals surface area contributed by atoms with Crippen LogP contribution in [0.3, 0.4) is 0 Å². The maximum absolute atomic E-state index is 13.1. The highest BCUT2D eigenvalue weighted by Gasteiger charge is 2.84. The Morgan fingerprint density at radius 1 is 0.977 bits per heavy atom. The largest absolute Gasteiger partial charge is 0.469 e. The number of morpholine rings is 1. The van der Waals surface area contributed by atoms with Gasteiger partial charge < -0.3 is 29.0 Å². The third kappa shape index (κ3) is 3.96. The number of esters is 1. The van der Waals surface area contributed by atoms with Crippen molar-refractivity contribution in [1.29, 1.82) is 0 Å². The van der Waals surface area contributed by atoms with Crippen molar-refractivity contribution >= 4 is 12.1 Å². The van der Waals surface area contributed by atoms with E-state index in [4.69, 9.17) is 18.9 Å². The molecule has 2 saturated heterocycles. The van der Waals surface area contributed by atoms with Crippen LogP contribution in [0.1, 0.15) is 98.8 Å². The highest BCUT2D eigenvalue weighted by molar-refractivity contribution is 5.69. The van der Waals surface area contributed by atoms with Gasteiger partial charge >= 0.3 is 12.1 Å². The number of carbonyl (C=O) groups is 2. The van der Waals surface area contributed by atoms with Crippen LogP contribution in [0.5, 0.6) is 0 Å². The second kappa shape index (κ2) is 10.1. The van der Waals surface area contributed by atoms with Crippen LogP contribution >= 0.6 is 0 Å². The Morgan fingerprint density at radius 3 is 2.40 bits per heavy atom. The van der Waals surface area contributed by atoms with Crippen LogP contribution in [0.25, 0.3) is 0 Å². The average molecular weight is 602 g/mol. The SMILES string of the molecule is COC(=O)CCC1C[C@@H](C)C2C(O1)[C@H](O)[C@@]1(C)[C@@H]3CC[C@H]4C(C)(C)[C@@H](OC(=O)N5CCOCC5)CC[C@@]45CC35CC[C@]21C. The van der Waals surface area contributed by atoms with Crippen LogP contribution in [0.2, 0.25) is 0 Å². The lowest BCUT2D eigenvalue weighted by atomic mass is 9.41. The van der Waals surface area contributed by atoms with E-state index in [-0.39, 0.29) is 57.4 Å². The fourth-order valence-electron chi connectivity index (χ4n) is 13.1. The lowest BCUT2D eigenvalue weighted by Gasteiger charge is -2.63. The van der Waals surface area contributed by atoms with Gasteiger partial charge in [-0.15, -0.1) is 0 Å². The van der Waals surface area contributed by atoms with Crippen LogP contribution < -0.4 is 0 Å². The summed E-state index contributed by atoms with van der Waals surface area (Å²) in [7, 11) is 1.44. The van der Waals surface area contributed by atoms with Crippen molar-refractivity contribution in [2.24, 2.45) is 50.7 Å². The first-order valence-corrected chi connectivity index (χ1v) is 17.3. The van der Waals surface area contributed by atoms with Gasteiger partial charge in [-0.05, 0) is 97.7 Å². The summed E-state index contributed by atoms with van der Waals surface area (Å²) in [5.74, 6) is 1.59. The third-order valence-electron chi connectivity index (χ3n) is 15.2. The van der Waals surface area contributed by atoms with Crippen molar-refractivity contribution in [3.8, 4) is 0 Å². The van der Waals surface area contributed by atoms with E-state index in [1.54, 1.807) is 0 Å². The van der Waals surface area contributed by atoms with Crippen molar-refractivity contribution in [3.63, 3.8) is 0 Å². The van der Waals surface area contributed by atoms with Gasteiger partial charge in [-0.3, -0.25) is 4.79 Å². The third-order valence-corrected chi connectivity index (χ3v) is 15.2. The van der Waals surface area contributed by atoms with Crippen molar-refractivity contribution in [3.05, 3.63) is 0 Å². The smallest absolute Gasteiger partial charge is 0.410 e. The number of aliphatic hydroxyl groups is 1. The lowest BCUT2D eigenvalue weighted by Crippen LogP contribution is -2.60. The van der Waals surface area contributed by atoms with Crippen LogP contribution in [-0.2, 0) is 23.7 Å². The van der Waals surface area contributed by atoms with Crippen molar-refractivity contribution in [2.75, 3.05) is 33.4 Å². The molecule has 2 heterocycles. The summed E-state index contributed by atoms with van der Waals surface area (Å²) < 4.78 is 23.4. The first kappa shape index (κ1) is 30.3. The van der Waals surface area contributed by atoms with E-state index in [2.05, 4.69) is 34.6 Å². The molecular weight excluding hydrogens is 546 g/mol. The molecule has 1 N–H and O–H groups in total. The van der Waals surface area contributed by atoms with Crippen molar-refractivity contribution in [1.82, 2.24) is 4.90 Å². The predicted molar refractivity (Wildman–Crippen MR) is 160 cm³/mol. The summed E-state index contributed by atoms with van der Waals surface area (Å²) in [5.41, 5.74) is 0.293. The topological polar surface area (TPSA) is 94.5 Å². The van der Waals surface area contributed by atoms with Gasteiger partial charge in [-0.25, -0.2) is 4.79 Å². The number of ether oxygens (including phenoxy) is 4. The number of methoxy groups -OCH3 is 1. The highest BCUT2D eigenvalue weighted by Crippen LogP contribution is 2.89. The van der Waals surface area contributed by atoms with E-state index < -0.39 is 6.10 Å². The van der Waals surface area contributed by atoms with Gasteiger partial charge in [0.05, 0.1) is 38.6 Å². The molecule has 0 radical (unpaired) electrons. The Morgan fingerprint density at radius 2 is 1.67 bits per heavy atom. The Kier molecular flexibility index (Phi) is 7.08. The van der Waals surface area contributed by atoms with E-state index in [9.17, 15) is 14.7 Å². The molecule has 0 bridgehead atoms. The molecule has 5 aliphatic carbocycles. The first-order valence-electron chi connectivity index (χ1n) is 17.3. The zero-order valence-electron chi connectivity index (χ0n) is 27.4. The number of aliphatic hydroxyl groups excluding tert-OH is 1. The van der Waals surface area contributed by atoms with Crippen LogP contribution in [0, 0.1) is 50.7 Å². The van der Waals surface area contributed by atoms with Gasteiger partial charge in [0.15, 0.2) is 0 Å². The molecule has 0 aromatic rings. The molecule has 2 spiro atoms. The summed E-state index contributed by atoms with van der Waals surface area (Å²) >= 11 is 0. The monoisotopic (exact) mass is 601 g/mol. The maximum atomic E-state index is 13.1. The van der Waals surface area contributed by atoms with E-state index in [1.807, 2.05) is 4.90 Å². The molecule has 7 fully saturated rings. The number of fused-ring (bicyclic) bond motifs is 4. The van der Waals surface area contributed by atoms with Gasteiger partial charge in [0.2, 0.25) is 0 Å². The molecule has 4 unspecified atom stereocenters. The number of carbonyl (C=O) groups excluding carboxylic acids is 2. The van der Waals surface area contributed by atoms with E-state index in [1.165, 1.54) is 20.0 Å². The van der Waals surface area contributed by atoms with E-state index in [0.29, 0.717) is 62.8 Å². The number of nitrogens with zero attached hydrogens (tertiary/aromatic N) is 1. The van der Waals surface area contributed by atoms with Crippen molar-refractivity contribution in [2.45, 2.75) is 123 Å². The number of hydrogen-bond donors (Lipinski definition) is 1. The van der Waals surface area contributed by atoms with Crippen LogP contribution in [0.4, 0.5) is 4.79 Å². The molecule has 2 aliphatic heterocycles. The standard InChI is InChI=1S/C35H55NO7/c1-21-19-22(7-10-26(37)40-6)42-28-27(21)32(4)13-14-35-20-34(35)12-11-25(43-30(39)36-15-17-41-18-16-36)31(2,3)23(34)8-9-24(35)33(32,5)29(28)38/h21-25,27-29,38H,7-20H2,1-6H3/t21-,22?,23+,24+,25+,27?,28?,29+,32-,33-,34-,35?/m1/s1. The highest BCUT2D eigenvalue weighted by atomic mass is 16.6. The Bertz CT molecular complexity index is 1140. The Balaban J connectivity index is 1.12. The first-order chi connectivity index (χ1) is 20.4. The minimum atomic E-state index is -0.499. The van der Waals surface area contributed by atoms with E-state index >= 15 is 0 Å². The quantitative estimate of drug-likeness (QED) is 0.420. The fraction of sp³-hybridized carbons (Fsp3) is 0.943. The van der Waals surface area contributed by atoms with Crippen molar-refractivity contribution < 1.29 is 33.6 Å². The minimum absolute atomic E-state index is 0.00873. The lowest BCUT2D eigenvalue weighted by molar-refractivity contribution is -0.183. The molecule has 1 amide bonds. The molecule has 43 heavy (non-hydrogen) atoms. The Labute approximate surface area is 257 Å². The molecule has 0 aromatic heterocycles. The summed E-state index contributed by atoms with van der Waals surface area (Å²) in [6.45, 7) is 14.4. The summed E-state index contributed by atoms with van der Waals surface area (Å²) in [4.78, 5) is 26.8. The van der Waals surface area contributed by atoms with Gasteiger partial charge in [0, 0.05) is 30.3 Å². The molecule has 7 rings (SSSR count). The van der Waals surface area contributed by atoms with Gasteiger partial charge in [0.25, 0.3) is 0 Å². The number of hydrogen-bond acceptors (Lipinski definition) is 7. The molecule has 242 valence electrons. The maximum Gasteiger partial charge on any atom is 0.410 e. The molecule has 8 nitrogen and oxygen atoms in total. The summed E-state index contributed by atoms with van der Waals surface area (Å²) in [6, 6.07) is 0. The number of amides is 1. The minimum Gasteiger partial charge on any atom is -0.469 e. The summed E-state index contributed by atoms with van der Waals surface area (Å²) in [5, 5.41) is 12.3. The fourth-order valence-corrected chi connectivity index (χ4v) is 13.1. The Hall–Kier alpha value is -1.38. The molecular formula is C35H55NO7. The molecule has 5 saturated carbocycles. The average Bonchev–Trinajstić information content (AvgIpc) is 3.62. The van der Waals surface area contributed by atoms with Crippen LogP contribution in [-0.4, -0.2) is 79.9 Å². The normalized spacial score (nSPS) is 51.2. The molecule has 0 aromatic carbocycles. The molecule has 8 heteroatoms. The molecule has 12 atom stereocenters. The van der Waals surface area contributed by atoms with E-state index in [0.717, 1.165) is 38.5 Å². The zero-order chi connectivity index (χ0) is 30.6. The second-order valence-electron chi connectivity index (χ2n) is 16.7. The predicted octanol–water partition coefficient (Wildman–Crippen LogP) is 5.59. The van der Waals surface area contributed by atoms with Gasteiger partial charge in [0.1, 0.15) is 6.10 Å². The number of rotatable bonds is 4. The van der Waals surface area contributed by atoms with Gasteiger partial charge in [-0.1, -0.05) is 34.6 Å². The second-order valence-corrected chi connectivity index (χ2v) is 16.7. The van der Waals surface area contributed by atoms with Crippen LogP contribution in [0.15, 0.2) is 0 Å². The molecule has 7 aliphatic rings. The zero-order valence-corrected chi connectivity index (χ0v) is 27.4. The van der Waals surface area contributed by atoms with Gasteiger partial charge in [-0.2, -0.15) is 0 Å². The summed E-state index contributed by atoms with van der Waals surface area (Å²) in [6.07, 6.45) is 9.00.